The van der Waals surface area contributed by atoms with Crippen LogP contribution in [0.5, 0.6) is 5.75 Å². The fourth-order valence-corrected chi connectivity index (χ4v) is 7.53. The van der Waals surface area contributed by atoms with Gasteiger partial charge in [0.1, 0.15) is 24.8 Å². The van der Waals surface area contributed by atoms with Gasteiger partial charge < -0.3 is 14.4 Å². The summed E-state index contributed by atoms with van der Waals surface area (Å²) in [4.78, 5) is 27.8. The molecule has 254 valence electrons. The highest BCUT2D eigenvalue weighted by Crippen LogP contribution is 2.39. The Hall–Kier alpha value is -4.76. The molecule has 0 amide bonds. The van der Waals surface area contributed by atoms with Crippen molar-refractivity contribution in [3.05, 3.63) is 102 Å². The molecule has 1 N–H and O–H groups in total. The number of hydrogen-bond donors (Lipinski definition) is 1. The van der Waals surface area contributed by atoms with Crippen LogP contribution in [0.2, 0.25) is 5.02 Å². The van der Waals surface area contributed by atoms with Gasteiger partial charge in [0.05, 0.1) is 27.8 Å². The van der Waals surface area contributed by atoms with Crippen LogP contribution >= 0.6 is 11.6 Å². The number of hydrogen-bond acceptors (Lipinski definition) is 6. The first-order valence-electron chi connectivity index (χ1n) is 17.6. The topological polar surface area (TPSA) is 89.7 Å². The molecule has 1 saturated heterocycles. The van der Waals surface area contributed by atoms with Crippen LogP contribution in [0.3, 0.4) is 0 Å². The Balaban J connectivity index is 1.14. The molecule has 2 fully saturated rings. The summed E-state index contributed by atoms with van der Waals surface area (Å²) in [6, 6.07) is 30.0. The highest BCUT2D eigenvalue weighted by molar-refractivity contribution is 6.30. The van der Waals surface area contributed by atoms with E-state index in [1.165, 1.54) is 32.1 Å². The maximum absolute atomic E-state index is 11.8. The Kier molecular flexibility index (Phi) is 9.23. The summed E-state index contributed by atoms with van der Waals surface area (Å²) in [6.07, 6.45) is 8.12. The van der Waals surface area contributed by atoms with E-state index in [2.05, 4.69) is 47.0 Å². The zero-order valence-electron chi connectivity index (χ0n) is 27.9. The number of aromatic nitrogens is 3. The minimum atomic E-state index is -0.948. The van der Waals surface area contributed by atoms with E-state index < -0.39 is 5.97 Å². The van der Waals surface area contributed by atoms with Crippen LogP contribution < -0.4 is 4.74 Å². The molecule has 1 aliphatic heterocycles. The van der Waals surface area contributed by atoms with Crippen LogP contribution in [0.25, 0.3) is 55.7 Å². The Morgan fingerprint density at radius 3 is 2.36 bits per heavy atom. The smallest absolute Gasteiger partial charge is 0.335 e. The van der Waals surface area contributed by atoms with Gasteiger partial charge in [0, 0.05) is 40.7 Å². The van der Waals surface area contributed by atoms with Gasteiger partial charge in [0.2, 0.25) is 0 Å². The van der Waals surface area contributed by atoms with Crippen LogP contribution in [0.15, 0.2) is 91.0 Å². The summed E-state index contributed by atoms with van der Waals surface area (Å²) in [5.74, 6) is 0.674. The Morgan fingerprint density at radius 1 is 0.760 bits per heavy atom. The van der Waals surface area contributed by atoms with E-state index in [-0.39, 0.29) is 5.56 Å². The normalized spacial score (nSPS) is 15.6. The zero-order chi connectivity index (χ0) is 34.0. The first-order chi connectivity index (χ1) is 24.5. The van der Waals surface area contributed by atoms with Crippen LogP contribution in [0.1, 0.15) is 61.3 Å². The molecule has 9 heteroatoms. The number of nitrogens with zero attached hydrogens (tertiary/aromatic N) is 4. The lowest BCUT2D eigenvalue weighted by molar-refractivity contribution is -0.148. The summed E-state index contributed by atoms with van der Waals surface area (Å²) in [7, 11) is 0. The maximum Gasteiger partial charge on any atom is 0.335 e. The molecular formula is C41H39ClN4O4. The average molecular weight is 687 g/mol. The van der Waals surface area contributed by atoms with Crippen molar-refractivity contribution in [2.45, 2.75) is 51.0 Å². The molecule has 1 aliphatic carbocycles. The van der Waals surface area contributed by atoms with Crippen LogP contribution in [0.4, 0.5) is 0 Å². The van der Waals surface area contributed by atoms with Gasteiger partial charge >= 0.3 is 5.97 Å². The molecule has 0 unspecified atom stereocenters. The van der Waals surface area contributed by atoms with E-state index in [1.807, 2.05) is 41.5 Å². The fourth-order valence-electron chi connectivity index (χ4n) is 7.41. The van der Waals surface area contributed by atoms with Crippen LogP contribution in [-0.2, 0) is 4.84 Å². The third kappa shape index (κ3) is 6.71. The van der Waals surface area contributed by atoms with Crippen molar-refractivity contribution in [2.24, 2.45) is 0 Å². The molecule has 0 bridgehead atoms. The van der Waals surface area contributed by atoms with Gasteiger partial charge in [-0.05, 0) is 104 Å². The third-order valence-corrected chi connectivity index (χ3v) is 10.2. The molecule has 3 heterocycles. The second kappa shape index (κ2) is 14.2. The van der Waals surface area contributed by atoms with E-state index in [1.54, 1.807) is 12.1 Å². The Morgan fingerprint density at radius 2 is 1.56 bits per heavy atom. The number of halogens is 1. The van der Waals surface area contributed by atoms with Gasteiger partial charge in [0.15, 0.2) is 0 Å². The largest absolute Gasteiger partial charge is 0.491 e. The van der Waals surface area contributed by atoms with Crippen molar-refractivity contribution in [1.82, 2.24) is 19.6 Å². The molecule has 8 nitrogen and oxygen atoms in total. The number of carboxylic acid groups (broad SMARTS) is 1. The summed E-state index contributed by atoms with van der Waals surface area (Å²) in [5.41, 5.74) is 7.66. The number of pyridine rings is 1. The zero-order valence-corrected chi connectivity index (χ0v) is 28.6. The Bertz CT molecular complexity index is 2170. The molecule has 0 radical (unpaired) electrons. The van der Waals surface area contributed by atoms with E-state index in [0.717, 1.165) is 81.9 Å². The highest BCUT2D eigenvalue weighted by atomic mass is 35.5. The standard InChI is InChI=1S/C41H39ClN4O4/c42-31-13-8-27(9-14-31)34-16-15-33(49-22-23-50-45-20-4-5-21-45)26-35(34)37-18-10-28-24-29(11-17-36(28)43-37)40-44-38-25-30(41(47)48)12-19-39(38)46(40)32-6-2-1-3-7-32/h8-19,24-26,32H,1-7,20-23H2,(H,47,48). The van der Waals surface area contributed by atoms with Crippen LogP contribution in [-0.4, -0.2) is 57.0 Å². The quantitative estimate of drug-likeness (QED) is 0.144. The minimum absolute atomic E-state index is 0.246. The van der Waals surface area contributed by atoms with Crippen molar-refractivity contribution in [2.75, 3.05) is 26.3 Å². The van der Waals surface area contributed by atoms with Gasteiger partial charge in [-0.25, -0.2) is 14.8 Å². The summed E-state index contributed by atoms with van der Waals surface area (Å²) in [5, 5.41) is 13.3. The van der Waals surface area contributed by atoms with Crippen LogP contribution in [0, 0.1) is 0 Å². The number of hydroxylamine groups is 2. The summed E-state index contributed by atoms with van der Waals surface area (Å²) < 4.78 is 8.49. The van der Waals surface area contributed by atoms with Crippen molar-refractivity contribution < 1.29 is 19.5 Å². The van der Waals surface area contributed by atoms with Crippen molar-refractivity contribution >= 4 is 39.5 Å². The first kappa shape index (κ1) is 32.4. The predicted molar refractivity (Wildman–Crippen MR) is 198 cm³/mol. The molecule has 4 aromatic carbocycles. The number of aromatic carboxylic acids is 1. The minimum Gasteiger partial charge on any atom is -0.491 e. The molecule has 50 heavy (non-hydrogen) atoms. The van der Waals surface area contributed by atoms with Gasteiger partial charge in [-0.1, -0.05) is 55.1 Å². The summed E-state index contributed by atoms with van der Waals surface area (Å²) >= 11 is 6.24. The number of carbonyl (C=O) groups is 1. The lowest BCUT2D eigenvalue weighted by atomic mass is 9.94. The number of benzene rings is 4. The number of carboxylic acids is 1. The lowest BCUT2D eigenvalue weighted by Crippen LogP contribution is -2.22. The number of imidazole rings is 1. The fraction of sp³-hybridized carbons (Fsp3) is 0.293. The second-order valence-corrected chi connectivity index (χ2v) is 13.7. The Labute approximate surface area is 296 Å². The number of rotatable bonds is 10. The van der Waals surface area contributed by atoms with E-state index >= 15 is 0 Å². The third-order valence-electron chi connectivity index (χ3n) is 9.94. The average Bonchev–Trinajstić information content (AvgIpc) is 3.82. The van der Waals surface area contributed by atoms with Crippen molar-refractivity contribution in [3.63, 3.8) is 0 Å². The summed E-state index contributed by atoms with van der Waals surface area (Å²) in [6.45, 7) is 2.90. The number of fused-ring (bicyclic) bond motifs is 2. The molecule has 8 rings (SSSR count). The van der Waals surface area contributed by atoms with Gasteiger partial charge in [-0.15, -0.1) is 0 Å². The van der Waals surface area contributed by atoms with Gasteiger partial charge in [-0.3, -0.25) is 4.84 Å². The predicted octanol–water partition coefficient (Wildman–Crippen LogP) is 9.85. The second-order valence-electron chi connectivity index (χ2n) is 13.2. The first-order valence-corrected chi connectivity index (χ1v) is 18.0. The molecule has 2 aromatic heterocycles. The molecule has 2 aliphatic rings. The lowest BCUT2D eigenvalue weighted by Gasteiger charge is -2.25. The highest BCUT2D eigenvalue weighted by Gasteiger charge is 2.23. The molecule has 0 atom stereocenters. The molecule has 6 aromatic rings. The number of ether oxygens (including phenoxy) is 1. The van der Waals surface area contributed by atoms with E-state index in [9.17, 15) is 9.90 Å². The SMILES string of the molecule is O=C(O)c1ccc2c(c1)nc(-c1ccc3nc(-c4cc(OCCON5CCCC5)ccc4-c4ccc(Cl)cc4)ccc3c1)n2C1CCCCC1. The molecule has 0 spiro atoms. The van der Waals surface area contributed by atoms with Crippen molar-refractivity contribution in [3.8, 4) is 39.5 Å². The van der Waals surface area contributed by atoms with E-state index in [0.29, 0.717) is 29.8 Å². The van der Waals surface area contributed by atoms with E-state index in [4.69, 9.17) is 31.1 Å². The van der Waals surface area contributed by atoms with Gasteiger partial charge in [-0.2, -0.15) is 5.06 Å². The molecular weight excluding hydrogens is 648 g/mol. The molecule has 1 saturated carbocycles. The van der Waals surface area contributed by atoms with Gasteiger partial charge in [0.25, 0.3) is 0 Å². The van der Waals surface area contributed by atoms with Crippen molar-refractivity contribution in [1.29, 1.82) is 0 Å². The monoisotopic (exact) mass is 686 g/mol. The maximum atomic E-state index is 11.8.